The predicted molar refractivity (Wildman–Crippen MR) is 93.5 cm³/mol. The lowest BCUT2D eigenvalue weighted by atomic mass is 9.96. The van der Waals surface area contributed by atoms with E-state index < -0.39 is 0 Å². The lowest BCUT2D eigenvalue weighted by Gasteiger charge is -2.17. The molecule has 0 radical (unpaired) electrons. The number of aryl methyl sites for hydroxylation is 2. The Morgan fingerprint density at radius 1 is 1.00 bits per heavy atom. The van der Waals surface area contributed by atoms with E-state index in [1.165, 1.54) is 29.5 Å². The first-order valence-corrected chi connectivity index (χ1v) is 8.30. The van der Waals surface area contributed by atoms with Crippen molar-refractivity contribution in [2.75, 3.05) is 20.2 Å². The van der Waals surface area contributed by atoms with Crippen LogP contribution in [-0.2, 0) is 11.4 Å². The van der Waals surface area contributed by atoms with Gasteiger partial charge in [0.25, 0.3) is 0 Å². The van der Waals surface area contributed by atoms with Gasteiger partial charge in [-0.2, -0.15) is 5.06 Å². The second-order valence-electron chi connectivity index (χ2n) is 6.21. The number of hydrogen-bond acceptors (Lipinski definition) is 3. The lowest BCUT2D eigenvalue weighted by Crippen LogP contribution is -2.19. The fourth-order valence-electron chi connectivity index (χ4n) is 3.33. The molecular weight excluding hydrogens is 286 g/mol. The van der Waals surface area contributed by atoms with E-state index in [0.29, 0.717) is 6.61 Å². The van der Waals surface area contributed by atoms with Crippen molar-refractivity contribution in [3.63, 3.8) is 0 Å². The summed E-state index contributed by atoms with van der Waals surface area (Å²) in [5.74, 6) is 0.972. The molecule has 0 N–H and O–H groups in total. The highest BCUT2D eigenvalue weighted by atomic mass is 16.7. The van der Waals surface area contributed by atoms with Crippen LogP contribution in [0.3, 0.4) is 0 Å². The first kappa shape index (κ1) is 16.0. The highest BCUT2D eigenvalue weighted by Gasteiger charge is 2.14. The molecule has 0 aliphatic carbocycles. The minimum atomic E-state index is 0.625. The monoisotopic (exact) mass is 311 g/mol. The molecule has 2 aromatic carbocycles. The molecule has 3 heteroatoms. The van der Waals surface area contributed by atoms with Crippen molar-refractivity contribution >= 4 is 0 Å². The van der Waals surface area contributed by atoms with E-state index in [1.807, 2.05) is 0 Å². The van der Waals surface area contributed by atoms with Crippen LogP contribution in [0.2, 0.25) is 0 Å². The van der Waals surface area contributed by atoms with Gasteiger partial charge in [0.2, 0.25) is 0 Å². The Morgan fingerprint density at radius 3 is 2.30 bits per heavy atom. The first-order chi connectivity index (χ1) is 11.2. The molecule has 1 aliphatic rings. The van der Waals surface area contributed by atoms with Gasteiger partial charge >= 0.3 is 0 Å². The third kappa shape index (κ3) is 3.57. The zero-order chi connectivity index (χ0) is 16.2. The van der Waals surface area contributed by atoms with Crippen LogP contribution < -0.4 is 4.74 Å². The summed E-state index contributed by atoms with van der Waals surface area (Å²) in [6.45, 7) is 6.91. The van der Waals surface area contributed by atoms with Crippen LogP contribution in [0.4, 0.5) is 0 Å². The molecule has 1 saturated heterocycles. The average molecular weight is 311 g/mol. The summed E-state index contributed by atoms with van der Waals surface area (Å²) >= 11 is 0. The van der Waals surface area contributed by atoms with E-state index in [0.717, 1.165) is 30.0 Å². The standard InChI is InChI=1S/C20H25NO2/c1-15-12-18(13-16(2)20(15)22-3)19-9-5-4-8-17(19)14-23-21-10-6-7-11-21/h4-5,8-9,12-13H,6-7,10-11,14H2,1-3H3. The van der Waals surface area contributed by atoms with Gasteiger partial charge in [-0.25, -0.2) is 0 Å². The van der Waals surface area contributed by atoms with Gasteiger partial charge in [-0.15, -0.1) is 0 Å². The Hall–Kier alpha value is -1.84. The molecule has 3 nitrogen and oxygen atoms in total. The number of hydrogen-bond donors (Lipinski definition) is 0. The fraction of sp³-hybridized carbons (Fsp3) is 0.400. The number of benzene rings is 2. The Labute approximate surface area is 138 Å². The van der Waals surface area contributed by atoms with Gasteiger partial charge in [-0.1, -0.05) is 24.3 Å². The van der Waals surface area contributed by atoms with Crippen molar-refractivity contribution in [2.24, 2.45) is 0 Å². The first-order valence-electron chi connectivity index (χ1n) is 8.30. The number of hydroxylamine groups is 2. The second-order valence-corrected chi connectivity index (χ2v) is 6.21. The average Bonchev–Trinajstić information content (AvgIpc) is 3.06. The van der Waals surface area contributed by atoms with E-state index in [4.69, 9.17) is 9.57 Å². The highest BCUT2D eigenvalue weighted by molar-refractivity contribution is 5.70. The molecule has 1 aliphatic heterocycles. The van der Waals surface area contributed by atoms with Crippen molar-refractivity contribution in [3.8, 4) is 16.9 Å². The van der Waals surface area contributed by atoms with Crippen LogP contribution in [0.15, 0.2) is 36.4 Å². The number of ether oxygens (including phenoxy) is 1. The maximum atomic E-state index is 5.97. The summed E-state index contributed by atoms with van der Waals surface area (Å²) in [5.41, 5.74) is 6.01. The topological polar surface area (TPSA) is 21.7 Å². The SMILES string of the molecule is COc1c(C)cc(-c2ccccc2CON2CCCC2)cc1C. The quantitative estimate of drug-likeness (QED) is 0.811. The summed E-state index contributed by atoms with van der Waals surface area (Å²) in [4.78, 5) is 5.97. The van der Waals surface area contributed by atoms with E-state index >= 15 is 0 Å². The second kappa shape index (κ2) is 7.16. The van der Waals surface area contributed by atoms with Crippen molar-refractivity contribution < 1.29 is 9.57 Å². The number of methoxy groups -OCH3 is 1. The molecule has 1 fully saturated rings. The van der Waals surface area contributed by atoms with Gasteiger partial charge in [-0.3, -0.25) is 4.84 Å². The molecule has 122 valence electrons. The minimum absolute atomic E-state index is 0.625. The maximum absolute atomic E-state index is 5.97. The summed E-state index contributed by atoms with van der Waals surface area (Å²) in [7, 11) is 1.73. The summed E-state index contributed by atoms with van der Waals surface area (Å²) in [6.07, 6.45) is 2.47. The van der Waals surface area contributed by atoms with E-state index in [2.05, 4.69) is 55.3 Å². The zero-order valence-corrected chi connectivity index (χ0v) is 14.3. The molecule has 0 unspecified atom stereocenters. The zero-order valence-electron chi connectivity index (χ0n) is 14.3. The summed E-state index contributed by atoms with van der Waals surface area (Å²) in [6, 6.07) is 12.9. The Morgan fingerprint density at radius 2 is 1.65 bits per heavy atom. The van der Waals surface area contributed by atoms with Crippen molar-refractivity contribution in [1.82, 2.24) is 5.06 Å². The Kier molecular flexibility index (Phi) is 4.99. The maximum Gasteiger partial charge on any atom is 0.124 e. The Bertz CT molecular complexity index is 652. The van der Waals surface area contributed by atoms with Gasteiger partial charge in [0, 0.05) is 13.1 Å². The minimum Gasteiger partial charge on any atom is -0.496 e. The van der Waals surface area contributed by atoms with Crippen LogP contribution in [0.1, 0.15) is 29.5 Å². The van der Waals surface area contributed by atoms with Crippen molar-refractivity contribution in [3.05, 3.63) is 53.1 Å². The van der Waals surface area contributed by atoms with E-state index in [1.54, 1.807) is 7.11 Å². The highest BCUT2D eigenvalue weighted by Crippen LogP contribution is 2.32. The number of rotatable bonds is 5. The van der Waals surface area contributed by atoms with Gasteiger partial charge in [0.15, 0.2) is 0 Å². The lowest BCUT2D eigenvalue weighted by molar-refractivity contribution is -0.153. The van der Waals surface area contributed by atoms with Crippen LogP contribution in [0.5, 0.6) is 5.75 Å². The molecule has 0 bridgehead atoms. The van der Waals surface area contributed by atoms with Crippen LogP contribution >= 0.6 is 0 Å². The normalized spacial score (nSPS) is 15.1. The smallest absolute Gasteiger partial charge is 0.124 e. The van der Waals surface area contributed by atoms with Gasteiger partial charge < -0.3 is 4.74 Å². The molecule has 0 amide bonds. The number of nitrogens with zero attached hydrogens (tertiary/aromatic N) is 1. The third-order valence-corrected chi connectivity index (χ3v) is 4.46. The molecule has 0 aromatic heterocycles. The molecule has 0 spiro atoms. The molecule has 2 aromatic rings. The summed E-state index contributed by atoms with van der Waals surface area (Å²) in [5, 5.41) is 2.08. The van der Waals surface area contributed by atoms with Crippen LogP contribution in [-0.4, -0.2) is 25.3 Å². The third-order valence-electron chi connectivity index (χ3n) is 4.46. The van der Waals surface area contributed by atoms with E-state index in [9.17, 15) is 0 Å². The molecule has 0 atom stereocenters. The predicted octanol–water partition coefficient (Wildman–Crippen LogP) is 4.51. The van der Waals surface area contributed by atoms with Gasteiger partial charge in [0.05, 0.1) is 13.7 Å². The molecular formula is C20H25NO2. The Balaban J connectivity index is 1.87. The van der Waals surface area contributed by atoms with Crippen LogP contribution in [0.25, 0.3) is 11.1 Å². The molecule has 1 heterocycles. The van der Waals surface area contributed by atoms with Crippen molar-refractivity contribution in [2.45, 2.75) is 33.3 Å². The molecule has 23 heavy (non-hydrogen) atoms. The van der Waals surface area contributed by atoms with Gasteiger partial charge in [0.1, 0.15) is 5.75 Å². The van der Waals surface area contributed by atoms with Crippen LogP contribution in [0, 0.1) is 13.8 Å². The molecule has 3 rings (SSSR count). The molecule has 0 saturated carbocycles. The van der Waals surface area contributed by atoms with E-state index in [-0.39, 0.29) is 0 Å². The largest absolute Gasteiger partial charge is 0.496 e. The fourth-order valence-corrected chi connectivity index (χ4v) is 3.33. The van der Waals surface area contributed by atoms with Crippen molar-refractivity contribution in [1.29, 1.82) is 0 Å². The van der Waals surface area contributed by atoms with Gasteiger partial charge in [-0.05, 0) is 66.6 Å². The summed E-state index contributed by atoms with van der Waals surface area (Å²) < 4.78 is 5.48.